The zero-order valence-electron chi connectivity index (χ0n) is 19.0. The van der Waals surface area contributed by atoms with E-state index in [0.717, 1.165) is 65.3 Å². The minimum absolute atomic E-state index is 0.246. The molecule has 2 aromatic heterocycles. The third-order valence-corrected chi connectivity index (χ3v) is 6.30. The van der Waals surface area contributed by atoms with E-state index >= 15 is 0 Å². The molecule has 3 aromatic carbocycles. The van der Waals surface area contributed by atoms with Crippen LogP contribution in [-0.4, -0.2) is 41.3 Å². The van der Waals surface area contributed by atoms with E-state index in [1.54, 1.807) is 18.3 Å². The van der Waals surface area contributed by atoms with Crippen LogP contribution < -0.4 is 10.2 Å². The summed E-state index contributed by atoms with van der Waals surface area (Å²) in [5, 5.41) is 4.36. The molecule has 6 rings (SSSR count). The van der Waals surface area contributed by atoms with Gasteiger partial charge in [0.05, 0.1) is 24.4 Å². The second-order valence-corrected chi connectivity index (χ2v) is 8.47. The van der Waals surface area contributed by atoms with Crippen LogP contribution in [0.1, 0.15) is 0 Å². The summed E-state index contributed by atoms with van der Waals surface area (Å²) in [4.78, 5) is 14.9. The van der Waals surface area contributed by atoms with Crippen molar-refractivity contribution in [1.29, 1.82) is 0 Å². The van der Waals surface area contributed by atoms with Crippen molar-refractivity contribution < 1.29 is 9.13 Å². The van der Waals surface area contributed by atoms with Gasteiger partial charge in [-0.05, 0) is 48.0 Å². The Kier molecular flexibility index (Phi) is 5.60. The Hall–Kier alpha value is -4.23. The summed E-state index contributed by atoms with van der Waals surface area (Å²) in [5.74, 6) is 0.288. The Bertz CT molecular complexity index is 1460. The first kappa shape index (κ1) is 21.3. The molecule has 5 aromatic rings. The number of hydrogen-bond acceptors (Lipinski definition) is 5. The minimum Gasteiger partial charge on any atom is -0.378 e. The molecule has 0 bridgehead atoms. The van der Waals surface area contributed by atoms with Crippen molar-refractivity contribution in [3.63, 3.8) is 0 Å². The van der Waals surface area contributed by atoms with E-state index in [-0.39, 0.29) is 5.82 Å². The number of rotatable bonds is 5. The molecule has 0 unspecified atom stereocenters. The Labute approximate surface area is 202 Å². The maximum absolute atomic E-state index is 13.4. The van der Waals surface area contributed by atoms with Gasteiger partial charge >= 0.3 is 0 Å². The number of para-hydroxylation sites is 1. The van der Waals surface area contributed by atoms with Crippen molar-refractivity contribution in [1.82, 2.24) is 15.0 Å². The number of ether oxygens (including phenoxy) is 1. The van der Waals surface area contributed by atoms with Crippen LogP contribution in [0.15, 0.2) is 85.2 Å². The predicted molar refractivity (Wildman–Crippen MR) is 137 cm³/mol. The summed E-state index contributed by atoms with van der Waals surface area (Å²) >= 11 is 0. The lowest BCUT2D eigenvalue weighted by molar-refractivity contribution is 0.122. The molecule has 0 spiro atoms. The fourth-order valence-corrected chi connectivity index (χ4v) is 4.51. The molecule has 0 amide bonds. The highest BCUT2D eigenvalue weighted by Crippen LogP contribution is 2.34. The first-order valence-electron chi connectivity index (χ1n) is 11.6. The molecule has 0 saturated carbocycles. The number of morpholine rings is 1. The molecule has 7 heteroatoms. The number of benzene rings is 3. The van der Waals surface area contributed by atoms with Crippen LogP contribution in [-0.2, 0) is 4.74 Å². The standard InChI is InChI=1S/C28H24FN5O/c29-20-6-4-19(5-7-20)23-2-1-3-24-25(18-31-27(23)24)26-12-13-30-28(33-26)32-21-8-10-22(11-9-21)34-14-16-35-17-15-34/h1-13,18,31H,14-17H2,(H,30,32,33). The lowest BCUT2D eigenvalue weighted by Gasteiger charge is -2.28. The lowest BCUT2D eigenvalue weighted by atomic mass is 10.0. The number of nitrogens with zero attached hydrogens (tertiary/aromatic N) is 3. The highest BCUT2D eigenvalue weighted by Gasteiger charge is 2.13. The summed E-state index contributed by atoms with van der Waals surface area (Å²) < 4.78 is 18.8. The van der Waals surface area contributed by atoms with Crippen molar-refractivity contribution in [2.75, 3.05) is 36.5 Å². The van der Waals surface area contributed by atoms with Crippen LogP contribution >= 0.6 is 0 Å². The SMILES string of the molecule is Fc1ccc(-c2cccc3c(-c4ccnc(Nc5ccc(N6CCOCC6)cc5)n4)c[nH]c23)cc1. The van der Waals surface area contributed by atoms with Gasteiger partial charge in [-0.1, -0.05) is 30.3 Å². The Morgan fingerprint density at radius 2 is 1.69 bits per heavy atom. The fourth-order valence-electron chi connectivity index (χ4n) is 4.51. The minimum atomic E-state index is -0.246. The first-order valence-corrected chi connectivity index (χ1v) is 11.6. The zero-order valence-corrected chi connectivity index (χ0v) is 19.0. The number of aromatic amines is 1. The quantitative estimate of drug-likeness (QED) is 0.333. The number of hydrogen-bond donors (Lipinski definition) is 2. The monoisotopic (exact) mass is 465 g/mol. The molecule has 0 radical (unpaired) electrons. The Morgan fingerprint density at radius 3 is 2.49 bits per heavy atom. The number of H-pyrrole nitrogens is 1. The average molecular weight is 466 g/mol. The van der Waals surface area contributed by atoms with Gasteiger partial charge in [-0.25, -0.2) is 14.4 Å². The van der Waals surface area contributed by atoms with Gasteiger partial charge < -0.3 is 19.9 Å². The average Bonchev–Trinajstić information content (AvgIpc) is 3.35. The van der Waals surface area contributed by atoms with Crippen molar-refractivity contribution in [3.05, 3.63) is 91.0 Å². The van der Waals surface area contributed by atoms with E-state index in [1.807, 2.05) is 36.5 Å². The molecule has 174 valence electrons. The molecular formula is C28H24FN5O. The molecule has 0 atom stereocenters. The van der Waals surface area contributed by atoms with E-state index in [4.69, 9.17) is 9.72 Å². The van der Waals surface area contributed by atoms with E-state index in [0.29, 0.717) is 5.95 Å². The maximum Gasteiger partial charge on any atom is 0.227 e. The van der Waals surface area contributed by atoms with Crippen molar-refractivity contribution in [2.45, 2.75) is 0 Å². The van der Waals surface area contributed by atoms with Crippen LogP contribution in [0.2, 0.25) is 0 Å². The molecule has 1 aliphatic rings. The fraction of sp³-hybridized carbons (Fsp3) is 0.143. The number of aromatic nitrogens is 3. The van der Waals surface area contributed by atoms with Gasteiger partial charge in [-0.2, -0.15) is 0 Å². The summed E-state index contributed by atoms with van der Waals surface area (Å²) in [6, 6.07) is 22.8. The third kappa shape index (κ3) is 4.34. The van der Waals surface area contributed by atoms with E-state index < -0.39 is 0 Å². The zero-order chi connectivity index (χ0) is 23.6. The summed E-state index contributed by atoms with van der Waals surface area (Å²) in [5.41, 5.74) is 6.87. The molecule has 0 aliphatic carbocycles. The molecule has 35 heavy (non-hydrogen) atoms. The maximum atomic E-state index is 13.4. The first-order chi connectivity index (χ1) is 17.2. The van der Waals surface area contributed by atoms with Gasteiger partial charge in [-0.3, -0.25) is 0 Å². The van der Waals surface area contributed by atoms with Crippen molar-refractivity contribution in [2.24, 2.45) is 0 Å². The Morgan fingerprint density at radius 1 is 0.886 bits per heavy atom. The lowest BCUT2D eigenvalue weighted by Crippen LogP contribution is -2.36. The van der Waals surface area contributed by atoms with Crippen molar-refractivity contribution >= 4 is 28.2 Å². The van der Waals surface area contributed by atoms with E-state index in [2.05, 4.69) is 38.4 Å². The topological polar surface area (TPSA) is 66.1 Å². The second-order valence-electron chi connectivity index (χ2n) is 8.47. The molecule has 1 saturated heterocycles. The van der Waals surface area contributed by atoms with Gasteiger partial charge in [0.1, 0.15) is 5.82 Å². The molecule has 1 aliphatic heterocycles. The van der Waals surface area contributed by atoms with Gasteiger partial charge in [0.2, 0.25) is 5.95 Å². The highest BCUT2D eigenvalue weighted by atomic mass is 19.1. The van der Waals surface area contributed by atoms with Crippen molar-refractivity contribution in [3.8, 4) is 22.4 Å². The largest absolute Gasteiger partial charge is 0.378 e. The predicted octanol–water partition coefficient (Wildman–Crippen LogP) is 6.01. The molecule has 6 nitrogen and oxygen atoms in total. The van der Waals surface area contributed by atoms with Crippen LogP contribution in [0.3, 0.4) is 0 Å². The van der Waals surface area contributed by atoms with Crippen LogP contribution in [0.4, 0.5) is 21.7 Å². The number of fused-ring (bicyclic) bond motifs is 1. The smallest absolute Gasteiger partial charge is 0.227 e. The summed E-state index contributed by atoms with van der Waals surface area (Å²) in [6.45, 7) is 3.34. The van der Waals surface area contributed by atoms with Crippen LogP contribution in [0, 0.1) is 5.82 Å². The summed E-state index contributed by atoms with van der Waals surface area (Å²) in [7, 11) is 0. The molecular weight excluding hydrogens is 441 g/mol. The Balaban J connectivity index is 1.27. The van der Waals surface area contributed by atoms with Crippen LogP contribution in [0.25, 0.3) is 33.3 Å². The normalized spacial score (nSPS) is 13.8. The number of halogens is 1. The number of nitrogens with one attached hydrogen (secondary N) is 2. The van der Waals surface area contributed by atoms with E-state index in [9.17, 15) is 4.39 Å². The van der Waals surface area contributed by atoms with Crippen LogP contribution in [0.5, 0.6) is 0 Å². The van der Waals surface area contributed by atoms with Gasteiger partial charge in [-0.15, -0.1) is 0 Å². The molecule has 3 heterocycles. The third-order valence-electron chi connectivity index (χ3n) is 6.30. The highest BCUT2D eigenvalue weighted by molar-refractivity contribution is 6.02. The van der Waals surface area contributed by atoms with Gasteiger partial charge in [0.15, 0.2) is 0 Å². The number of anilines is 3. The molecule has 2 N–H and O–H groups in total. The molecule has 1 fully saturated rings. The summed E-state index contributed by atoms with van der Waals surface area (Å²) in [6.07, 6.45) is 3.72. The second kappa shape index (κ2) is 9.19. The van der Waals surface area contributed by atoms with E-state index in [1.165, 1.54) is 17.8 Å². The van der Waals surface area contributed by atoms with Gasteiger partial charge in [0, 0.05) is 53.4 Å². The van der Waals surface area contributed by atoms with Gasteiger partial charge in [0.25, 0.3) is 0 Å².